The third-order valence-electron chi connectivity index (χ3n) is 3.68. The molecule has 0 aromatic heterocycles. The predicted octanol–water partition coefficient (Wildman–Crippen LogP) is 5.08. The second kappa shape index (κ2) is 8.84. The lowest BCUT2D eigenvalue weighted by Crippen LogP contribution is -2.07. The minimum Gasteiger partial charge on any atom is -0.497 e. The van der Waals surface area contributed by atoms with Gasteiger partial charge in [0.1, 0.15) is 23.0 Å². The molecule has 7 nitrogen and oxygen atoms in total. The Labute approximate surface area is 167 Å². The Balaban J connectivity index is 1.88. The Kier molecular flexibility index (Phi) is 6.04. The van der Waals surface area contributed by atoms with Crippen molar-refractivity contribution in [1.82, 2.24) is 0 Å². The van der Waals surface area contributed by atoms with Crippen molar-refractivity contribution in [2.24, 2.45) is 0 Å². The van der Waals surface area contributed by atoms with Gasteiger partial charge >= 0.3 is 7.82 Å². The molecule has 0 unspecified atom stereocenters. The van der Waals surface area contributed by atoms with Crippen molar-refractivity contribution in [3.63, 3.8) is 0 Å². The topological polar surface area (TPSA) is 102 Å². The molecule has 3 rings (SSSR count). The van der Waals surface area contributed by atoms with Crippen molar-refractivity contribution in [2.45, 2.75) is 0 Å². The van der Waals surface area contributed by atoms with Gasteiger partial charge in [-0.1, -0.05) is 0 Å². The van der Waals surface area contributed by atoms with E-state index in [1.807, 2.05) is 12.1 Å². The highest BCUT2D eigenvalue weighted by molar-refractivity contribution is 7.49. The highest BCUT2D eigenvalue weighted by Gasteiger charge is 2.33. The first-order valence-corrected chi connectivity index (χ1v) is 9.83. The molecule has 0 amide bonds. The first kappa shape index (κ1) is 19.8. The van der Waals surface area contributed by atoms with E-state index in [2.05, 4.69) is 0 Å². The van der Waals surface area contributed by atoms with Gasteiger partial charge in [0.2, 0.25) is 0 Å². The Morgan fingerprint density at radius 1 is 0.621 bits per heavy atom. The summed E-state index contributed by atoms with van der Waals surface area (Å²) in [6.45, 7) is 0. The maximum absolute atomic E-state index is 13.4. The van der Waals surface area contributed by atoms with Crippen LogP contribution in [0.4, 0.5) is 0 Å². The first-order valence-electron chi connectivity index (χ1n) is 8.37. The van der Waals surface area contributed by atoms with Crippen LogP contribution in [0.25, 0.3) is 0 Å². The van der Waals surface area contributed by atoms with Gasteiger partial charge in [-0.25, -0.2) is 0 Å². The standard InChI is InChI=1S/C21H15N2O5P/c1-25-18-10-12-21(13-11-18)28-29(24,26-19-6-2-16(14-22)3-7-19)27-20-8-4-17(15-23)5-9-20/h2-13H,1H3. The summed E-state index contributed by atoms with van der Waals surface area (Å²) < 4.78 is 35.1. The number of hydrogen-bond acceptors (Lipinski definition) is 7. The number of nitriles is 2. The number of benzene rings is 3. The fourth-order valence-electron chi connectivity index (χ4n) is 2.26. The third kappa shape index (κ3) is 5.29. The quantitative estimate of drug-likeness (QED) is 0.504. The zero-order chi connectivity index (χ0) is 20.7. The molecular formula is C21H15N2O5P. The third-order valence-corrected chi connectivity index (χ3v) is 4.98. The summed E-state index contributed by atoms with van der Waals surface area (Å²) in [4.78, 5) is 0. The molecule has 144 valence electrons. The van der Waals surface area contributed by atoms with Crippen molar-refractivity contribution in [3.8, 4) is 35.1 Å². The second-order valence-electron chi connectivity index (χ2n) is 5.67. The fraction of sp³-hybridized carbons (Fsp3) is 0.0476. The van der Waals surface area contributed by atoms with Gasteiger partial charge in [0, 0.05) is 0 Å². The summed E-state index contributed by atoms with van der Waals surface area (Å²) in [5.74, 6) is 1.26. The van der Waals surface area contributed by atoms with Crippen LogP contribution in [-0.4, -0.2) is 7.11 Å². The number of methoxy groups -OCH3 is 1. The molecule has 0 fully saturated rings. The highest BCUT2D eigenvalue weighted by atomic mass is 31.2. The van der Waals surface area contributed by atoms with Crippen molar-refractivity contribution in [2.75, 3.05) is 7.11 Å². The van der Waals surface area contributed by atoms with Crippen LogP contribution in [0.1, 0.15) is 11.1 Å². The minimum atomic E-state index is -4.16. The average molecular weight is 406 g/mol. The summed E-state index contributed by atoms with van der Waals surface area (Å²) in [5, 5.41) is 17.8. The van der Waals surface area contributed by atoms with Crippen LogP contribution < -0.4 is 18.3 Å². The molecule has 0 atom stereocenters. The molecule has 0 aliphatic heterocycles. The van der Waals surface area contributed by atoms with Crippen molar-refractivity contribution < 1.29 is 22.9 Å². The lowest BCUT2D eigenvalue weighted by Gasteiger charge is -2.19. The number of ether oxygens (including phenoxy) is 1. The fourth-order valence-corrected chi connectivity index (χ4v) is 3.51. The smallest absolute Gasteiger partial charge is 0.497 e. The van der Waals surface area contributed by atoms with E-state index in [9.17, 15) is 4.57 Å². The number of phosphoric acid groups is 1. The first-order chi connectivity index (χ1) is 14.0. The van der Waals surface area contributed by atoms with Gasteiger partial charge in [-0.2, -0.15) is 15.1 Å². The zero-order valence-corrected chi connectivity index (χ0v) is 16.2. The van der Waals surface area contributed by atoms with Crippen LogP contribution >= 0.6 is 7.82 Å². The molecule has 0 aliphatic rings. The van der Waals surface area contributed by atoms with Crippen LogP contribution in [0.15, 0.2) is 72.8 Å². The van der Waals surface area contributed by atoms with E-state index >= 15 is 0 Å². The van der Waals surface area contributed by atoms with E-state index < -0.39 is 7.82 Å². The SMILES string of the molecule is COc1ccc(OP(=O)(Oc2ccc(C#N)cc2)Oc2ccc(C#N)cc2)cc1. The van der Waals surface area contributed by atoms with Gasteiger partial charge in [-0.05, 0) is 72.8 Å². The maximum Gasteiger partial charge on any atom is 0.647 e. The predicted molar refractivity (Wildman–Crippen MR) is 105 cm³/mol. The molecule has 3 aromatic carbocycles. The number of nitrogens with zero attached hydrogens (tertiary/aromatic N) is 2. The van der Waals surface area contributed by atoms with Crippen molar-refractivity contribution >= 4 is 7.82 Å². The van der Waals surface area contributed by atoms with Gasteiger partial charge in [0.15, 0.2) is 0 Å². The normalized spacial score (nSPS) is 10.3. The molecule has 0 saturated heterocycles. The van der Waals surface area contributed by atoms with Gasteiger partial charge in [-0.15, -0.1) is 0 Å². The maximum atomic E-state index is 13.4. The van der Waals surface area contributed by atoms with E-state index in [1.54, 1.807) is 24.3 Å². The average Bonchev–Trinajstić information content (AvgIpc) is 2.75. The largest absolute Gasteiger partial charge is 0.647 e. The summed E-state index contributed by atoms with van der Waals surface area (Å²) in [6, 6.07) is 22.5. The second-order valence-corrected chi connectivity index (χ2v) is 7.11. The summed E-state index contributed by atoms with van der Waals surface area (Å²) in [7, 11) is -2.63. The molecule has 0 heterocycles. The Hall–Kier alpha value is -3.93. The van der Waals surface area contributed by atoms with E-state index in [1.165, 1.54) is 55.6 Å². The van der Waals surface area contributed by atoms with Gasteiger partial charge in [-0.3, -0.25) is 0 Å². The lowest BCUT2D eigenvalue weighted by molar-refractivity contribution is 0.298. The van der Waals surface area contributed by atoms with Crippen molar-refractivity contribution in [3.05, 3.63) is 83.9 Å². The van der Waals surface area contributed by atoms with Crippen LogP contribution in [0.2, 0.25) is 0 Å². The summed E-state index contributed by atoms with van der Waals surface area (Å²) in [5.41, 5.74) is 0.854. The van der Waals surface area contributed by atoms with Gasteiger partial charge in [0.05, 0.1) is 30.4 Å². The van der Waals surface area contributed by atoms with E-state index in [0.717, 1.165) is 0 Å². The Morgan fingerprint density at radius 2 is 0.931 bits per heavy atom. The monoisotopic (exact) mass is 406 g/mol. The number of rotatable bonds is 7. The molecule has 0 bridgehead atoms. The van der Waals surface area contributed by atoms with Crippen LogP contribution in [-0.2, 0) is 4.57 Å². The Bertz CT molecular complexity index is 1030. The highest BCUT2D eigenvalue weighted by Crippen LogP contribution is 2.49. The van der Waals surface area contributed by atoms with Crippen LogP contribution in [0, 0.1) is 22.7 Å². The van der Waals surface area contributed by atoms with Crippen LogP contribution in [0.5, 0.6) is 23.0 Å². The zero-order valence-electron chi connectivity index (χ0n) is 15.3. The minimum absolute atomic E-state index is 0.203. The van der Waals surface area contributed by atoms with E-state index in [4.69, 9.17) is 28.8 Å². The summed E-state index contributed by atoms with van der Waals surface area (Å²) >= 11 is 0. The lowest BCUT2D eigenvalue weighted by atomic mass is 10.2. The molecule has 0 saturated carbocycles. The van der Waals surface area contributed by atoms with E-state index in [0.29, 0.717) is 16.9 Å². The number of hydrogen-bond donors (Lipinski definition) is 0. The van der Waals surface area contributed by atoms with Crippen molar-refractivity contribution in [1.29, 1.82) is 10.5 Å². The summed E-state index contributed by atoms with van der Waals surface area (Å²) in [6.07, 6.45) is 0. The van der Waals surface area contributed by atoms with E-state index in [-0.39, 0.29) is 17.2 Å². The molecule has 8 heteroatoms. The Morgan fingerprint density at radius 3 is 1.24 bits per heavy atom. The molecule has 0 N–H and O–H groups in total. The molecule has 29 heavy (non-hydrogen) atoms. The van der Waals surface area contributed by atoms with Gasteiger partial charge < -0.3 is 18.3 Å². The van der Waals surface area contributed by atoms with Gasteiger partial charge in [0.25, 0.3) is 0 Å². The number of phosphoric ester groups is 1. The molecule has 0 aliphatic carbocycles. The molecule has 0 radical (unpaired) electrons. The molecule has 3 aromatic rings. The van der Waals surface area contributed by atoms with Crippen LogP contribution in [0.3, 0.4) is 0 Å². The molecular weight excluding hydrogens is 391 g/mol. The molecule has 0 spiro atoms.